The van der Waals surface area contributed by atoms with Crippen LogP contribution in [0.25, 0.3) is 0 Å². The summed E-state index contributed by atoms with van der Waals surface area (Å²) in [6.07, 6.45) is 1.72. The van der Waals surface area contributed by atoms with Crippen LogP contribution >= 0.6 is 0 Å². The summed E-state index contributed by atoms with van der Waals surface area (Å²) in [6.45, 7) is 5.65. The van der Waals surface area contributed by atoms with E-state index in [4.69, 9.17) is 13.9 Å². The van der Waals surface area contributed by atoms with Crippen molar-refractivity contribution in [3.63, 3.8) is 0 Å². The van der Waals surface area contributed by atoms with E-state index in [9.17, 15) is 14.4 Å². The van der Waals surface area contributed by atoms with Gasteiger partial charge in [0.05, 0.1) is 12.4 Å². The summed E-state index contributed by atoms with van der Waals surface area (Å²) < 4.78 is 15.3. The van der Waals surface area contributed by atoms with Crippen LogP contribution in [0.15, 0.2) is 53.3 Å². The monoisotopic (exact) mass is 414 g/mol. The van der Waals surface area contributed by atoms with Crippen molar-refractivity contribution in [1.82, 2.24) is 10.6 Å². The van der Waals surface area contributed by atoms with Gasteiger partial charge in [-0.2, -0.15) is 0 Å². The van der Waals surface area contributed by atoms with Crippen LogP contribution in [-0.2, 0) is 19.7 Å². The number of ketones is 1. The Hall–Kier alpha value is -3.13. The molecule has 3 atom stereocenters. The fourth-order valence-electron chi connectivity index (χ4n) is 3.43. The first kappa shape index (κ1) is 21.6. The number of benzene rings is 1. The highest BCUT2D eigenvalue weighted by molar-refractivity contribution is 5.94. The van der Waals surface area contributed by atoms with Gasteiger partial charge >= 0.3 is 6.09 Å². The van der Waals surface area contributed by atoms with Crippen LogP contribution in [0, 0.1) is 0 Å². The molecule has 2 aromatic rings. The van der Waals surface area contributed by atoms with Crippen molar-refractivity contribution in [3.8, 4) is 5.75 Å². The van der Waals surface area contributed by atoms with Crippen LogP contribution in [0.4, 0.5) is 4.79 Å². The van der Waals surface area contributed by atoms with Gasteiger partial charge in [0.2, 0.25) is 5.91 Å². The number of ether oxygens (including phenoxy) is 2. The molecule has 2 heterocycles. The molecule has 1 fully saturated rings. The van der Waals surface area contributed by atoms with E-state index >= 15 is 0 Å². The second-order valence-electron chi connectivity index (χ2n) is 7.97. The topological polar surface area (TPSA) is 107 Å². The third-order valence-corrected chi connectivity index (χ3v) is 5.19. The number of carbonyl (C=O) groups excluding carboxylic acids is 3. The highest BCUT2D eigenvalue weighted by Gasteiger charge is 2.37. The molecule has 0 aliphatic carbocycles. The predicted octanol–water partition coefficient (Wildman–Crippen LogP) is 2.58. The van der Waals surface area contributed by atoms with Crippen LogP contribution < -0.4 is 15.4 Å². The van der Waals surface area contributed by atoms with Crippen LogP contribution in [0.1, 0.15) is 32.8 Å². The van der Waals surface area contributed by atoms with E-state index < -0.39 is 35.6 Å². The molecule has 1 aromatic heterocycles. The smallest absolute Gasteiger partial charge is 0.413 e. The molecular weight excluding hydrogens is 388 g/mol. The molecule has 0 spiro atoms. The van der Waals surface area contributed by atoms with E-state index in [1.807, 2.05) is 44.2 Å². The molecular formula is C22H26N2O6. The quantitative estimate of drug-likeness (QED) is 0.721. The summed E-state index contributed by atoms with van der Waals surface area (Å²) in [5.74, 6) is -0.446. The van der Waals surface area contributed by atoms with E-state index in [2.05, 4.69) is 10.6 Å². The number of hydrogen-bond donors (Lipinski definition) is 2. The minimum atomic E-state index is -0.930. The number of rotatable bonds is 7. The maximum atomic E-state index is 13.0. The summed E-state index contributed by atoms with van der Waals surface area (Å²) in [5.41, 5.74) is 0.579. The van der Waals surface area contributed by atoms with Gasteiger partial charge in [-0.3, -0.25) is 9.59 Å². The van der Waals surface area contributed by atoms with Gasteiger partial charge < -0.3 is 24.5 Å². The Kier molecular flexibility index (Phi) is 6.56. The summed E-state index contributed by atoms with van der Waals surface area (Å²) >= 11 is 0. The van der Waals surface area contributed by atoms with E-state index in [1.54, 1.807) is 6.92 Å². The zero-order valence-corrected chi connectivity index (χ0v) is 17.2. The van der Waals surface area contributed by atoms with Gasteiger partial charge in [0.25, 0.3) is 0 Å². The number of Topliss-reactive ketones (excluding diaryl/α,β-unsaturated/α-hetero) is 1. The van der Waals surface area contributed by atoms with Crippen LogP contribution in [-0.4, -0.2) is 42.6 Å². The molecule has 8 heteroatoms. The molecule has 1 aromatic carbocycles. The lowest BCUT2D eigenvalue weighted by Crippen LogP contribution is -2.54. The maximum absolute atomic E-state index is 13.0. The molecule has 1 saturated heterocycles. The van der Waals surface area contributed by atoms with E-state index in [0.717, 1.165) is 5.56 Å². The van der Waals surface area contributed by atoms with Crippen LogP contribution in [0.2, 0.25) is 0 Å². The zero-order chi connectivity index (χ0) is 21.7. The molecule has 8 nitrogen and oxygen atoms in total. The Morgan fingerprint density at radius 3 is 2.57 bits per heavy atom. The van der Waals surface area contributed by atoms with Crippen LogP contribution in [0.5, 0.6) is 5.75 Å². The average Bonchev–Trinajstić information content (AvgIpc) is 3.33. The molecule has 0 unspecified atom stereocenters. The lowest BCUT2D eigenvalue weighted by atomic mass is 9.79. The van der Waals surface area contributed by atoms with Gasteiger partial charge in [-0.25, -0.2) is 4.79 Å². The van der Waals surface area contributed by atoms with Crippen molar-refractivity contribution >= 4 is 17.8 Å². The SMILES string of the molecule is C[C@@H]1OCC(=O)[C@H]1NC(=O)[C@H](CC(C)(C)c1ccccc1)NC(=O)Oc1ccoc1. The number of hydrogen-bond acceptors (Lipinski definition) is 6. The fourth-order valence-corrected chi connectivity index (χ4v) is 3.43. The Bertz CT molecular complexity index is 878. The van der Waals surface area contributed by atoms with Crippen molar-refractivity contribution in [1.29, 1.82) is 0 Å². The summed E-state index contributed by atoms with van der Waals surface area (Å²) in [5, 5.41) is 5.33. The molecule has 1 aliphatic heterocycles. The van der Waals surface area contributed by atoms with Crippen LogP contribution in [0.3, 0.4) is 0 Å². The first-order chi connectivity index (χ1) is 14.3. The van der Waals surface area contributed by atoms with E-state index in [0.29, 0.717) is 6.42 Å². The fraction of sp³-hybridized carbons (Fsp3) is 0.409. The standard InChI is InChI=1S/C22H26N2O6/c1-14-19(18(25)13-29-14)24-20(26)17(23-21(27)30-16-9-10-28-12-16)11-22(2,3)15-7-5-4-6-8-15/h4-10,12,14,17,19H,11,13H2,1-3H3,(H,23,27)(H,24,26)/t14-,17-,19-/m0/s1. The highest BCUT2D eigenvalue weighted by atomic mass is 16.6. The lowest BCUT2D eigenvalue weighted by Gasteiger charge is -2.30. The molecule has 2 N–H and O–H groups in total. The molecule has 3 rings (SSSR count). The van der Waals surface area contributed by atoms with Gasteiger partial charge in [-0.05, 0) is 24.3 Å². The van der Waals surface area contributed by atoms with Crippen molar-refractivity contribution < 1.29 is 28.3 Å². The molecule has 0 radical (unpaired) electrons. The molecule has 1 aliphatic rings. The maximum Gasteiger partial charge on any atom is 0.413 e. The number of carbonyl (C=O) groups is 3. The summed E-state index contributed by atoms with van der Waals surface area (Å²) in [7, 11) is 0. The predicted molar refractivity (Wildman–Crippen MR) is 108 cm³/mol. The normalized spacial score (nSPS) is 19.9. The van der Waals surface area contributed by atoms with Crippen molar-refractivity contribution in [2.45, 2.75) is 50.8 Å². The average molecular weight is 414 g/mol. The second kappa shape index (κ2) is 9.13. The van der Waals surface area contributed by atoms with E-state index in [-0.39, 0.29) is 18.1 Å². The molecule has 0 bridgehead atoms. The first-order valence-electron chi connectivity index (χ1n) is 9.77. The Morgan fingerprint density at radius 2 is 1.97 bits per heavy atom. The van der Waals surface area contributed by atoms with Gasteiger partial charge in [-0.15, -0.1) is 0 Å². The number of amides is 2. The Morgan fingerprint density at radius 1 is 1.23 bits per heavy atom. The molecule has 160 valence electrons. The molecule has 2 amide bonds. The third kappa shape index (κ3) is 5.27. The largest absolute Gasteiger partial charge is 0.469 e. The van der Waals surface area contributed by atoms with Gasteiger partial charge in [0, 0.05) is 6.07 Å². The Labute approximate surface area is 174 Å². The third-order valence-electron chi connectivity index (χ3n) is 5.19. The van der Waals surface area contributed by atoms with Crippen molar-refractivity contribution in [3.05, 3.63) is 54.5 Å². The minimum absolute atomic E-state index is 0.0394. The lowest BCUT2D eigenvalue weighted by molar-refractivity contribution is -0.127. The Balaban J connectivity index is 1.75. The van der Waals surface area contributed by atoms with Crippen molar-refractivity contribution in [2.75, 3.05) is 6.61 Å². The van der Waals surface area contributed by atoms with E-state index in [1.165, 1.54) is 18.6 Å². The summed E-state index contributed by atoms with van der Waals surface area (Å²) in [6, 6.07) is 9.50. The minimum Gasteiger partial charge on any atom is -0.469 e. The molecule has 0 saturated carbocycles. The second-order valence-corrected chi connectivity index (χ2v) is 7.97. The summed E-state index contributed by atoms with van der Waals surface area (Å²) in [4.78, 5) is 37.4. The van der Waals surface area contributed by atoms with Crippen molar-refractivity contribution in [2.24, 2.45) is 0 Å². The highest BCUT2D eigenvalue weighted by Crippen LogP contribution is 2.28. The zero-order valence-electron chi connectivity index (χ0n) is 17.2. The van der Waals surface area contributed by atoms with Gasteiger partial charge in [-0.1, -0.05) is 44.2 Å². The number of nitrogens with one attached hydrogen (secondary N) is 2. The molecule has 30 heavy (non-hydrogen) atoms. The number of furan rings is 1. The van der Waals surface area contributed by atoms with Gasteiger partial charge in [0.1, 0.15) is 25.0 Å². The van der Waals surface area contributed by atoms with Gasteiger partial charge in [0.15, 0.2) is 11.5 Å². The first-order valence-corrected chi connectivity index (χ1v) is 9.77.